The van der Waals surface area contributed by atoms with Crippen LogP contribution in [-0.4, -0.2) is 29.3 Å². The van der Waals surface area contributed by atoms with Gasteiger partial charge in [-0.1, -0.05) is 103 Å². The van der Waals surface area contributed by atoms with E-state index in [4.69, 9.17) is 23.2 Å². The van der Waals surface area contributed by atoms with Crippen LogP contribution in [-0.2, 0) is 29.0 Å². The van der Waals surface area contributed by atoms with E-state index < -0.39 is 6.04 Å². The Morgan fingerprint density at radius 1 is 0.914 bits per heavy atom. The van der Waals surface area contributed by atoms with Gasteiger partial charge in [0.1, 0.15) is 6.04 Å². The van der Waals surface area contributed by atoms with Gasteiger partial charge in [0.25, 0.3) is 0 Å². The van der Waals surface area contributed by atoms with E-state index in [0.717, 1.165) is 29.5 Å². The summed E-state index contributed by atoms with van der Waals surface area (Å²) in [5.74, 6) is -0.332. The van der Waals surface area contributed by atoms with Gasteiger partial charge >= 0.3 is 0 Å². The van der Waals surface area contributed by atoms with E-state index in [1.54, 1.807) is 23.1 Å². The largest absolute Gasteiger partial charge is 0.354 e. The molecule has 184 valence electrons. The number of aryl methyl sites for hydroxylation is 1. The van der Waals surface area contributed by atoms with Gasteiger partial charge in [-0.3, -0.25) is 9.59 Å². The van der Waals surface area contributed by atoms with E-state index >= 15 is 0 Å². The highest BCUT2D eigenvalue weighted by molar-refractivity contribution is 6.36. The molecule has 0 fully saturated rings. The maximum Gasteiger partial charge on any atom is 0.243 e. The first kappa shape index (κ1) is 26.8. The normalized spacial score (nSPS) is 11.7. The van der Waals surface area contributed by atoms with Crippen LogP contribution in [0.2, 0.25) is 10.0 Å². The third-order valence-corrected chi connectivity index (χ3v) is 6.64. The highest BCUT2D eigenvalue weighted by Gasteiger charge is 2.31. The summed E-state index contributed by atoms with van der Waals surface area (Å²) in [5.41, 5.74) is 3.58. The molecule has 0 saturated carbocycles. The van der Waals surface area contributed by atoms with E-state index in [1.165, 1.54) is 0 Å². The highest BCUT2D eigenvalue weighted by Crippen LogP contribution is 2.27. The minimum absolute atomic E-state index is 0.141. The van der Waals surface area contributed by atoms with Crippen LogP contribution >= 0.6 is 23.2 Å². The second kappa shape index (κ2) is 13.3. The van der Waals surface area contributed by atoms with Crippen molar-refractivity contribution in [1.29, 1.82) is 0 Å². The van der Waals surface area contributed by atoms with Crippen LogP contribution in [0, 0.1) is 6.92 Å². The molecule has 2 amide bonds. The van der Waals surface area contributed by atoms with Crippen LogP contribution in [0.1, 0.15) is 42.0 Å². The van der Waals surface area contributed by atoms with Gasteiger partial charge in [-0.15, -0.1) is 0 Å². The number of benzene rings is 3. The van der Waals surface area contributed by atoms with Crippen LogP contribution in [0.4, 0.5) is 0 Å². The fraction of sp³-hybridized carbons (Fsp3) is 0.310. The Labute approximate surface area is 218 Å². The zero-order valence-corrected chi connectivity index (χ0v) is 21.8. The first-order chi connectivity index (χ1) is 16.9. The third-order valence-electron chi connectivity index (χ3n) is 5.93. The van der Waals surface area contributed by atoms with Gasteiger partial charge in [0.05, 0.1) is 6.42 Å². The fourth-order valence-electron chi connectivity index (χ4n) is 4.01. The second-order valence-corrected chi connectivity index (χ2v) is 9.55. The zero-order chi connectivity index (χ0) is 25.2. The Hall–Kier alpha value is -2.82. The number of rotatable bonds is 11. The van der Waals surface area contributed by atoms with Gasteiger partial charge in [0.15, 0.2) is 0 Å². The lowest BCUT2D eigenvalue weighted by Gasteiger charge is -2.32. The number of halogens is 2. The average molecular weight is 511 g/mol. The summed E-state index contributed by atoms with van der Waals surface area (Å²) in [6, 6.07) is 22.2. The minimum atomic E-state index is -0.709. The lowest BCUT2D eigenvalue weighted by atomic mass is 10.0. The standard InChI is InChI=1S/C29H32Cl2N2O2/c1-3-4-16-32-29(35)27(18-22-11-6-5-7-12-22)33(20-24-25(30)14-9-15-26(24)31)28(34)19-23-13-8-10-21(2)17-23/h5-15,17,27H,3-4,16,18-20H2,1-2H3,(H,32,35)/t27-/m0/s1. The van der Waals surface area contributed by atoms with Gasteiger partial charge in [0.2, 0.25) is 11.8 Å². The first-order valence-electron chi connectivity index (χ1n) is 12.0. The van der Waals surface area contributed by atoms with Crippen LogP contribution in [0.3, 0.4) is 0 Å². The molecule has 0 saturated heterocycles. The van der Waals surface area contributed by atoms with E-state index in [0.29, 0.717) is 28.6 Å². The van der Waals surface area contributed by atoms with Crippen LogP contribution < -0.4 is 5.32 Å². The summed E-state index contributed by atoms with van der Waals surface area (Å²) >= 11 is 13.0. The molecule has 0 heterocycles. The lowest BCUT2D eigenvalue weighted by molar-refractivity contribution is -0.140. The van der Waals surface area contributed by atoms with Crippen molar-refractivity contribution in [2.45, 2.75) is 52.1 Å². The molecule has 3 aromatic rings. The molecule has 0 bridgehead atoms. The van der Waals surface area contributed by atoms with Crippen LogP contribution in [0.5, 0.6) is 0 Å². The molecule has 0 aromatic heterocycles. The number of carbonyl (C=O) groups is 2. The molecule has 3 aromatic carbocycles. The maximum absolute atomic E-state index is 13.8. The van der Waals surface area contributed by atoms with E-state index in [-0.39, 0.29) is 24.8 Å². The predicted molar refractivity (Wildman–Crippen MR) is 144 cm³/mol. The minimum Gasteiger partial charge on any atom is -0.354 e. The highest BCUT2D eigenvalue weighted by atomic mass is 35.5. The van der Waals surface area contributed by atoms with E-state index in [2.05, 4.69) is 12.2 Å². The number of hydrogen-bond donors (Lipinski definition) is 1. The number of carbonyl (C=O) groups excluding carboxylic acids is 2. The molecule has 3 rings (SSSR count). The Morgan fingerprint density at radius 3 is 2.23 bits per heavy atom. The number of nitrogens with zero attached hydrogens (tertiary/aromatic N) is 1. The fourth-order valence-corrected chi connectivity index (χ4v) is 4.53. The average Bonchev–Trinajstić information content (AvgIpc) is 2.83. The molecule has 0 aliphatic heterocycles. The van der Waals surface area contributed by atoms with Crippen LogP contribution in [0.15, 0.2) is 72.8 Å². The number of nitrogens with one attached hydrogen (secondary N) is 1. The molecule has 4 nitrogen and oxygen atoms in total. The summed E-state index contributed by atoms with van der Waals surface area (Å²) in [5, 5.41) is 3.96. The summed E-state index contributed by atoms with van der Waals surface area (Å²) in [6.07, 6.45) is 2.41. The van der Waals surface area contributed by atoms with Gasteiger partial charge < -0.3 is 10.2 Å². The first-order valence-corrected chi connectivity index (χ1v) is 12.7. The number of unbranched alkanes of at least 4 members (excludes halogenated alkanes) is 1. The molecule has 0 radical (unpaired) electrons. The summed E-state index contributed by atoms with van der Waals surface area (Å²) < 4.78 is 0. The second-order valence-electron chi connectivity index (χ2n) is 8.74. The predicted octanol–water partition coefficient (Wildman–Crippen LogP) is 6.40. The van der Waals surface area contributed by atoms with Crippen LogP contribution in [0.25, 0.3) is 0 Å². The van der Waals surface area contributed by atoms with Crippen molar-refractivity contribution in [3.05, 3.63) is 105 Å². The molecule has 0 spiro atoms. The summed E-state index contributed by atoms with van der Waals surface area (Å²) in [7, 11) is 0. The molecule has 35 heavy (non-hydrogen) atoms. The molecule has 0 aliphatic carbocycles. The Bertz CT molecular complexity index is 1110. The molecular formula is C29H32Cl2N2O2. The monoisotopic (exact) mass is 510 g/mol. The van der Waals surface area contributed by atoms with Gasteiger partial charge in [-0.2, -0.15) is 0 Å². The molecule has 0 aliphatic rings. The maximum atomic E-state index is 13.8. The van der Waals surface area contributed by atoms with Crippen molar-refractivity contribution >= 4 is 35.0 Å². The number of hydrogen-bond acceptors (Lipinski definition) is 2. The lowest BCUT2D eigenvalue weighted by Crippen LogP contribution is -2.51. The summed E-state index contributed by atoms with van der Waals surface area (Å²) in [6.45, 7) is 4.77. The topological polar surface area (TPSA) is 49.4 Å². The quantitative estimate of drug-likeness (QED) is 0.303. The Kier molecular flexibility index (Phi) is 10.2. The van der Waals surface area contributed by atoms with Gasteiger partial charge in [-0.05, 0) is 36.6 Å². The molecule has 0 unspecified atom stereocenters. The molecule has 1 atom stereocenters. The number of amides is 2. The molecule has 1 N–H and O–H groups in total. The van der Waals surface area contributed by atoms with E-state index in [9.17, 15) is 9.59 Å². The SMILES string of the molecule is CCCCNC(=O)[C@H](Cc1ccccc1)N(Cc1c(Cl)cccc1Cl)C(=O)Cc1cccc(C)c1. The smallest absolute Gasteiger partial charge is 0.243 e. The van der Waals surface area contributed by atoms with Gasteiger partial charge in [-0.25, -0.2) is 0 Å². The van der Waals surface area contributed by atoms with Crippen molar-refractivity contribution in [3.8, 4) is 0 Å². The van der Waals surface area contributed by atoms with Gasteiger partial charge in [0, 0.05) is 35.1 Å². The van der Waals surface area contributed by atoms with Crippen molar-refractivity contribution in [2.75, 3.05) is 6.54 Å². The summed E-state index contributed by atoms with van der Waals surface area (Å²) in [4.78, 5) is 28.9. The van der Waals surface area contributed by atoms with E-state index in [1.807, 2.05) is 61.5 Å². The van der Waals surface area contributed by atoms with Crippen molar-refractivity contribution < 1.29 is 9.59 Å². The Balaban J connectivity index is 1.99. The van der Waals surface area contributed by atoms with Crippen molar-refractivity contribution in [2.24, 2.45) is 0 Å². The van der Waals surface area contributed by atoms with Crippen molar-refractivity contribution in [1.82, 2.24) is 10.2 Å². The van der Waals surface area contributed by atoms with Crippen molar-refractivity contribution in [3.63, 3.8) is 0 Å². The third kappa shape index (κ3) is 7.84. The molecule has 6 heteroatoms. The Morgan fingerprint density at radius 2 is 1.57 bits per heavy atom. The molecular weight excluding hydrogens is 479 g/mol. The zero-order valence-electron chi connectivity index (χ0n) is 20.3.